The first kappa shape index (κ1) is 15.1. The van der Waals surface area contributed by atoms with Crippen LogP contribution in [0.4, 0.5) is 0 Å². The number of amides is 1. The fourth-order valence-corrected chi connectivity index (χ4v) is 3.11. The van der Waals surface area contributed by atoms with E-state index in [4.69, 9.17) is 4.74 Å². The van der Waals surface area contributed by atoms with Crippen LogP contribution in [-0.4, -0.2) is 52.4 Å². The van der Waals surface area contributed by atoms with Gasteiger partial charge in [-0.05, 0) is 18.6 Å². The van der Waals surface area contributed by atoms with Crippen molar-refractivity contribution in [1.29, 1.82) is 0 Å². The number of carbonyl (C=O) groups excluding carboxylic acids is 1. The molecule has 1 fully saturated rings. The van der Waals surface area contributed by atoms with Crippen LogP contribution in [0, 0.1) is 0 Å². The molecule has 0 spiro atoms. The van der Waals surface area contributed by atoms with E-state index in [0.717, 1.165) is 16.5 Å². The number of aromatic nitrogens is 1. The molecule has 2 atom stereocenters. The summed E-state index contributed by atoms with van der Waals surface area (Å²) in [6.45, 7) is 2.87. The zero-order valence-electron chi connectivity index (χ0n) is 13.0. The third kappa shape index (κ3) is 2.74. The molecule has 1 aromatic carbocycles. The molecule has 5 heteroatoms. The highest BCUT2D eigenvalue weighted by Crippen LogP contribution is 2.22. The van der Waals surface area contributed by atoms with Crippen LogP contribution in [0.1, 0.15) is 12.5 Å². The quantitative estimate of drug-likeness (QED) is 0.930. The summed E-state index contributed by atoms with van der Waals surface area (Å²) < 4.78 is 7.55. The molecule has 5 nitrogen and oxygen atoms in total. The smallest absolute Gasteiger partial charge is 0.227 e. The molecule has 2 aromatic rings. The third-order valence-electron chi connectivity index (χ3n) is 4.35. The maximum atomic E-state index is 12.7. The molecule has 0 saturated carbocycles. The Labute approximate surface area is 130 Å². The van der Waals surface area contributed by atoms with Crippen LogP contribution in [0.3, 0.4) is 0 Å². The number of aliphatic hydroxyl groups excluding tert-OH is 1. The van der Waals surface area contributed by atoms with Gasteiger partial charge < -0.3 is 19.3 Å². The molecule has 2 heterocycles. The van der Waals surface area contributed by atoms with E-state index in [9.17, 15) is 9.90 Å². The van der Waals surface area contributed by atoms with Crippen molar-refractivity contribution < 1.29 is 14.6 Å². The van der Waals surface area contributed by atoms with E-state index in [0.29, 0.717) is 19.6 Å². The van der Waals surface area contributed by atoms with Crippen LogP contribution in [0.25, 0.3) is 10.9 Å². The molecule has 3 rings (SSSR count). The van der Waals surface area contributed by atoms with Crippen molar-refractivity contribution in [1.82, 2.24) is 9.47 Å². The molecule has 1 saturated heterocycles. The van der Waals surface area contributed by atoms with Gasteiger partial charge in [-0.2, -0.15) is 0 Å². The van der Waals surface area contributed by atoms with E-state index in [1.807, 2.05) is 37.2 Å². The molecule has 0 bridgehead atoms. The highest BCUT2D eigenvalue weighted by Gasteiger charge is 2.29. The third-order valence-corrected chi connectivity index (χ3v) is 4.35. The average Bonchev–Trinajstić information content (AvgIpc) is 2.84. The predicted molar refractivity (Wildman–Crippen MR) is 84.6 cm³/mol. The molecular formula is C17H22N2O3. The van der Waals surface area contributed by atoms with Crippen molar-refractivity contribution in [3.63, 3.8) is 0 Å². The van der Waals surface area contributed by atoms with Crippen LogP contribution in [-0.2, 0) is 23.0 Å². The molecule has 0 aliphatic carbocycles. The Kier molecular flexibility index (Phi) is 4.18. The molecule has 1 aromatic heterocycles. The summed E-state index contributed by atoms with van der Waals surface area (Å²) in [5.74, 6) is 0.0885. The van der Waals surface area contributed by atoms with E-state index in [1.54, 1.807) is 0 Å². The van der Waals surface area contributed by atoms with Crippen LogP contribution < -0.4 is 0 Å². The van der Waals surface area contributed by atoms with Crippen molar-refractivity contribution in [2.24, 2.45) is 7.05 Å². The average molecular weight is 302 g/mol. The maximum absolute atomic E-state index is 12.7. The predicted octanol–water partition coefficient (Wildman–Crippen LogP) is 1.33. The lowest BCUT2D eigenvalue weighted by atomic mass is 10.1. The normalized spacial score (nSPS) is 22.2. The zero-order chi connectivity index (χ0) is 15.7. The minimum atomic E-state index is -0.271. The summed E-state index contributed by atoms with van der Waals surface area (Å²) in [5, 5.41) is 10.4. The van der Waals surface area contributed by atoms with Crippen molar-refractivity contribution in [3.05, 3.63) is 36.0 Å². The number of rotatable bonds is 3. The monoisotopic (exact) mass is 302 g/mol. The Bertz CT molecular complexity index is 680. The zero-order valence-corrected chi connectivity index (χ0v) is 13.0. The van der Waals surface area contributed by atoms with Crippen LogP contribution >= 0.6 is 0 Å². The van der Waals surface area contributed by atoms with Gasteiger partial charge in [-0.3, -0.25) is 4.79 Å². The van der Waals surface area contributed by atoms with Gasteiger partial charge in [0, 0.05) is 30.7 Å². The minimum Gasteiger partial charge on any atom is -0.394 e. The fourth-order valence-electron chi connectivity index (χ4n) is 3.11. The van der Waals surface area contributed by atoms with E-state index >= 15 is 0 Å². The Morgan fingerprint density at radius 1 is 1.41 bits per heavy atom. The van der Waals surface area contributed by atoms with Gasteiger partial charge in [0.05, 0.1) is 31.8 Å². The van der Waals surface area contributed by atoms with Gasteiger partial charge in [0.1, 0.15) is 0 Å². The van der Waals surface area contributed by atoms with Gasteiger partial charge in [0.25, 0.3) is 0 Å². The van der Waals surface area contributed by atoms with E-state index in [-0.39, 0.29) is 24.7 Å². The van der Waals surface area contributed by atoms with Crippen LogP contribution in [0.2, 0.25) is 0 Å². The molecular weight excluding hydrogens is 280 g/mol. The molecule has 1 amide bonds. The van der Waals surface area contributed by atoms with Gasteiger partial charge in [-0.1, -0.05) is 18.2 Å². The Balaban J connectivity index is 1.80. The number of morpholine rings is 1. The Hall–Kier alpha value is -1.85. The summed E-state index contributed by atoms with van der Waals surface area (Å²) in [6, 6.07) is 8.16. The van der Waals surface area contributed by atoms with Gasteiger partial charge >= 0.3 is 0 Å². The van der Waals surface area contributed by atoms with Crippen LogP contribution in [0.5, 0.6) is 0 Å². The highest BCUT2D eigenvalue weighted by molar-refractivity contribution is 5.89. The number of carbonyl (C=O) groups is 1. The molecule has 2 unspecified atom stereocenters. The topological polar surface area (TPSA) is 54.7 Å². The molecule has 118 valence electrons. The molecule has 1 aliphatic heterocycles. The van der Waals surface area contributed by atoms with Gasteiger partial charge in [-0.15, -0.1) is 0 Å². The van der Waals surface area contributed by atoms with E-state index in [1.165, 1.54) is 0 Å². The highest BCUT2D eigenvalue weighted by atomic mass is 16.5. The number of aliphatic hydroxyl groups is 1. The number of aryl methyl sites for hydroxylation is 1. The lowest BCUT2D eigenvalue weighted by molar-refractivity contribution is -0.145. The first-order valence-electron chi connectivity index (χ1n) is 7.65. The lowest BCUT2D eigenvalue weighted by Crippen LogP contribution is -2.52. The van der Waals surface area contributed by atoms with E-state index < -0.39 is 0 Å². The second-order valence-corrected chi connectivity index (χ2v) is 5.99. The number of hydrogen-bond acceptors (Lipinski definition) is 3. The summed E-state index contributed by atoms with van der Waals surface area (Å²) in [6.07, 6.45) is 2.13. The molecule has 0 radical (unpaired) electrons. The van der Waals surface area contributed by atoms with Crippen molar-refractivity contribution in [3.8, 4) is 0 Å². The number of hydrogen-bond donors (Lipinski definition) is 1. The number of para-hydroxylation sites is 1. The van der Waals surface area contributed by atoms with Gasteiger partial charge in [-0.25, -0.2) is 0 Å². The Morgan fingerprint density at radius 3 is 2.95 bits per heavy atom. The maximum Gasteiger partial charge on any atom is 0.227 e. The summed E-state index contributed by atoms with van der Waals surface area (Å²) in [7, 11) is 2.00. The van der Waals surface area contributed by atoms with Crippen molar-refractivity contribution in [2.75, 3.05) is 19.8 Å². The molecule has 22 heavy (non-hydrogen) atoms. The Morgan fingerprint density at radius 2 is 2.18 bits per heavy atom. The second-order valence-electron chi connectivity index (χ2n) is 5.99. The number of fused-ring (bicyclic) bond motifs is 1. The second kappa shape index (κ2) is 6.10. The summed E-state index contributed by atoms with van der Waals surface area (Å²) in [5.41, 5.74) is 2.18. The summed E-state index contributed by atoms with van der Waals surface area (Å²) >= 11 is 0. The fraction of sp³-hybridized carbons (Fsp3) is 0.471. The first-order chi connectivity index (χ1) is 10.6. The first-order valence-corrected chi connectivity index (χ1v) is 7.65. The van der Waals surface area contributed by atoms with Crippen molar-refractivity contribution in [2.45, 2.75) is 25.5 Å². The number of nitrogens with zero attached hydrogens (tertiary/aromatic N) is 2. The number of ether oxygens (including phenoxy) is 1. The minimum absolute atomic E-state index is 0.0466. The van der Waals surface area contributed by atoms with Crippen LogP contribution in [0.15, 0.2) is 30.5 Å². The SMILES string of the molecule is CC1COC(CO)CN1C(=O)Cc1cn(C)c2ccccc12. The molecule has 1 N–H and O–H groups in total. The van der Waals surface area contributed by atoms with E-state index in [2.05, 4.69) is 16.7 Å². The summed E-state index contributed by atoms with van der Waals surface area (Å²) in [4.78, 5) is 14.5. The largest absolute Gasteiger partial charge is 0.394 e. The van der Waals surface area contributed by atoms with Gasteiger partial charge in [0.2, 0.25) is 5.91 Å². The standard InChI is InChI=1S/C17H22N2O3/c1-12-11-22-14(10-20)9-19(12)17(21)7-13-8-18(2)16-6-4-3-5-15(13)16/h3-6,8,12,14,20H,7,9-11H2,1-2H3. The molecule has 1 aliphatic rings. The number of benzene rings is 1. The lowest BCUT2D eigenvalue weighted by Gasteiger charge is -2.37. The van der Waals surface area contributed by atoms with Gasteiger partial charge in [0.15, 0.2) is 0 Å². The van der Waals surface area contributed by atoms with Crippen molar-refractivity contribution >= 4 is 16.8 Å².